The minimum Gasteiger partial charge on any atom is -0.0786 e. The highest BCUT2D eigenvalue weighted by atomic mass is 79.9. The van der Waals surface area contributed by atoms with Crippen LogP contribution < -0.4 is 0 Å². The Morgan fingerprint density at radius 2 is 1.00 bits per heavy atom. The van der Waals surface area contributed by atoms with Gasteiger partial charge in [-0.3, -0.25) is 0 Å². The molecule has 2 heteroatoms. The molecule has 0 amide bonds. The molecule has 2 aromatic carbocycles. The van der Waals surface area contributed by atoms with Gasteiger partial charge in [0, 0.05) is 0 Å². The smallest absolute Gasteiger partial charge is 0.0659 e. The standard InChI is InChI=1S/C16H10Br2/c17-15-11-7-3-1-5-9(11)13-14(15)10-6-2-4-8-12(10)16(13)18/h1-8,15-16H. The molecule has 2 unspecified atom stereocenters. The number of rotatable bonds is 0. The van der Waals surface area contributed by atoms with E-state index in [2.05, 4.69) is 80.4 Å². The second-order valence-electron chi connectivity index (χ2n) is 4.73. The predicted octanol–water partition coefficient (Wildman–Crippen LogP) is 5.50. The van der Waals surface area contributed by atoms with Crippen molar-refractivity contribution in [2.75, 3.05) is 0 Å². The lowest BCUT2D eigenvalue weighted by Crippen LogP contribution is -1.94. The van der Waals surface area contributed by atoms with Crippen molar-refractivity contribution in [2.45, 2.75) is 9.65 Å². The van der Waals surface area contributed by atoms with Gasteiger partial charge >= 0.3 is 0 Å². The van der Waals surface area contributed by atoms with E-state index < -0.39 is 0 Å². The van der Waals surface area contributed by atoms with Crippen LogP contribution in [-0.4, -0.2) is 0 Å². The van der Waals surface area contributed by atoms with Gasteiger partial charge in [0.15, 0.2) is 0 Å². The second-order valence-corrected chi connectivity index (χ2v) is 6.56. The first-order valence-electron chi connectivity index (χ1n) is 6.00. The molecular formula is C16H10Br2. The Bertz CT molecular complexity index is 626. The predicted molar refractivity (Wildman–Crippen MR) is 83.0 cm³/mol. The Labute approximate surface area is 123 Å². The lowest BCUT2D eigenvalue weighted by Gasteiger charge is -2.13. The lowest BCUT2D eigenvalue weighted by molar-refractivity contribution is 1.24. The first-order valence-corrected chi connectivity index (χ1v) is 7.83. The van der Waals surface area contributed by atoms with E-state index in [9.17, 15) is 0 Å². The van der Waals surface area contributed by atoms with E-state index in [0.29, 0.717) is 9.65 Å². The third kappa shape index (κ3) is 1.25. The van der Waals surface area contributed by atoms with Gasteiger partial charge in [0.1, 0.15) is 0 Å². The van der Waals surface area contributed by atoms with Crippen LogP contribution in [0.5, 0.6) is 0 Å². The molecule has 0 nitrogen and oxygen atoms in total. The van der Waals surface area contributed by atoms with Crippen LogP contribution in [0.4, 0.5) is 0 Å². The summed E-state index contributed by atoms with van der Waals surface area (Å²) in [5.41, 5.74) is 8.42. The molecule has 0 aliphatic heterocycles. The van der Waals surface area contributed by atoms with Crippen LogP contribution >= 0.6 is 31.9 Å². The fourth-order valence-electron chi connectivity index (χ4n) is 3.07. The molecule has 2 aliphatic carbocycles. The van der Waals surface area contributed by atoms with Crippen molar-refractivity contribution in [1.82, 2.24) is 0 Å². The number of halogens is 2. The van der Waals surface area contributed by atoms with E-state index in [1.165, 1.54) is 33.4 Å². The third-order valence-electron chi connectivity index (χ3n) is 3.85. The zero-order valence-corrected chi connectivity index (χ0v) is 12.7. The SMILES string of the molecule is BrC1C2=C(c3ccccc31)C(Br)c1ccccc12. The normalized spacial score (nSPS) is 23.9. The Morgan fingerprint density at radius 3 is 1.44 bits per heavy atom. The monoisotopic (exact) mass is 360 g/mol. The van der Waals surface area contributed by atoms with Crippen LogP contribution in [0.2, 0.25) is 0 Å². The summed E-state index contributed by atoms with van der Waals surface area (Å²) < 4.78 is 0. The molecule has 0 saturated carbocycles. The van der Waals surface area contributed by atoms with Crippen molar-refractivity contribution in [2.24, 2.45) is 0 Å². The quantitative estimate of drug-likeness (QED) is 0.544. The molecule has 2 aromatic rings. The summed E-state index contributed by atoms with van der Waals surface area (Å²) in [6, 6.07) is 17.4. The summed E-state index contributed by atoms with van der Waals surface area (Å²) in [6.07, 6.45) is 0. The molecular weight excluding hydrogens is 352 g/mol. The Hall–Kier alpha value is -0.860. The summed E-state index contributed by atoms with van der Waals surface area (Å²) >= 11 is 7.73. The third-order valence-corrected chi connectivity index (χ3v) is 5.75. The van der Waals surface area contributed by atoms with Crippen LogP contribution in [0.15, 0.2) is 48.5 Å². The van der Waals surface area contributed by atoms with Gasteiger partial charge in [0.05, 0.1) is 9.65 Å². The molecule has 2 atom stereocenters. The lowest BCUT2D eigenvalue weighted by atomic mass is 9.99. The maximum atomic E-state index is 3.86. The molecule has 18 heavy (non-hydrogen) atoms. The molecule has 2 aliphatic rings. The first kappa shape index (κ1) is 11.0. The van der Waals surface area contributed by atoms with Crippen molar-refractivity contribution in [3.05, 3.63) is 70.8 Å². The Kier molecular flexibility index (Phi) is 2.33. The summed E-state index contributed by atoms with van der Waals surface area (Å²) in [5, 5.41) is 0. The maximum absolute atomic E-state index is 3.86. The van der Waals surface area contributed by atoms with E-state index in [1.54, 1.807) is 0 Å². The zero-order chi connectivity index (χ0) is 12.3. The number of allylic oxidation sites excluding steroid dienone is 2. The molecule has 0 N–H and O–H groups in total. The highest BCUT2D eigenvalue weighted by molar-refractivity contribution is 9.09. The largest absolute Gasteiger partial charge is 0.0786 e. The maximum Gasteiger partial charge on any atom is 0.0659 e. The van der Waals surface area contributed by atoms with Crippen LogP contribution in [0, 0.1) is 0 Å². The fraction of sp³-hybridized carbons (Fsp3) is 0.125. The molecule has 0 saturated heterocycles. The molecule has 0 spiro atoms. The van der Waals surface area contributed by atoms with Gasteiger partial charge in [-0.25, -0.2) is 0 Å². The van der Waals surface area contributed by atoms with Gasteiger partial charge in [-0.05, 0) is 33.4 Å². The molecule has 0 bridgehead atoms. The molecule has 88 valence electrons. The minimum absolute atomic E-state index is 0.326. The van der Waals surface area contributed by atoms with Gasteiger partial charge in [-0.2, -0.15) is 0 Å². The fourth-order valence-corrected chi connectivity index (χ4v) is 4.86. The van der Waals surface area contributed by atoms with Crippen molar-refractivity contribution < 1.29 is 0 Å². The summed E-state index contributed by atoms with van der Waals surface area (Å²) in [4.78, 5) is 0.653. The number of fused-ring (bicyclic) bond motifs is 4. The van der Waals surface area contributed by atoms with Crippen molar-refractivity contribution >= 4 is 43.0 Å². The Balaban J connectivity index is 2.02. The van der Waals surface area contributed by atoms with Crippen LogP contribution in [0.1, 0.15) is 31.9 Å². The van der Waals surface area contributed by atoms with Gasteiger partial charge in [0.25, 0.3) is 0 Å². The van der Waals surface area contributed by atoms with E-state index in [1.807, 2.05) is 0 Å². The number of alkyl halides is 2. The summed E-state index contributed by atoms with van der Waals surface area (Å²) in [6.45, 7) is 0. The van der Waals surface area contributed by atoms with Crippen LogP contribution in [-0.2, 0) is 0 Å². The average molecular weight is 362 g/mol. The van der Waals surface area contributed by atoms with Crippen LogP contribution in [0.3, 0.4) is 0 Å². The van der Waals surface area contributed by atoms with Gasteiger partial charge in [-0.1, -0.05) is 80.4 Å². The van der Waals surface area contributed by atoms with Crippen molar-refractivity contribution in [1.29, 1.82) is 0 Å². The zero-order valence-electron chi connectivity index (χ0n) is 9.53. The van der Waals surface area contributed by atoms with Gasteiger partial charge < -0.3 is 0 Å². The first-order chi connectivity index (χ1) is 8.79. The summed E-state index contributed by atoms with van der Waals surface area (Å²) in [5.74, 6) is 0. The highest BCUT2D eigenvalue weighted by Crippen LogP contribution is 2.61. The molecule has 4 rings (SSSR count). The van der Waals surface area contributed by atoms with Crippen molar-refractivity contribution in [3.63, 3.8) is 0 Å². The second kappa shape index (κ2) is 3.82. The molecule has 0 fully saturated rings. The molecule has 0 heterocycles. The highest BCUT2D eigenvalue weighted by Gasteiger charge is 2.39. The van der Waals surface area contributed by atoms with E-state index in [4.69, 9.17) is 0 Å². The number of benzene rings is 2. The van der Waals surface area contributed by atoms with Gasteiger partial charge in [-0.15, -0.1) is 0 Å². The van der Waals surface area contributed by atoms with E-state index >= 15 is 0 Å². The number of hydrogen-bond donors (Lipinski definition) is 0. The number of hydrogen-bond acceptors (Lipinski definition) is 0. The van der Waals surface area contributed by atoms with Gasteiger partial charge in [0.2, 0.25) is 0 Å². The van der Waals surface area contributed by atoms with E-state index in [-0.39, 0.29) is 0 Å². The summed E-state index contributed by atoms with van der Waals surface area (Å²) in [7, 11) is 0. The minimum atomic E-state index is 0.326. The molecule has 0 aromatic heterocycles. The van der Waals surface area contributed by atoms with E-state index in [0.717, 1.165) is 0 Å². The average Bonchev–Trinajstić information content (AvgIpc) is 2.87. The van der Waals surface area contributed by atoms with Crippen LogP contribution in [0.25, 0.3) is 11.1 Å². The topological polar surface area (TPSA) is 0 Å². The van der Waals surface area contributed by atoms with Crippen molar-refractivity contribution in [3.8, 4) is 0 Å². The molecule has 0 radical (unpaired) electrons. The Morgan fingerprint density at radius 1 is 0.611 bits per heavy atom.